The lowest BCUT2D eigenvalue weighted by molar-refractivity contribution is -0.137. The van der Waals surface area contributed by atoms with Crippen LogP contribution in [0.15, 0.2) is 24.3 Å². The van der Waals surface area contributed by atoms with E-state index in [0.717, 1.165) is 38.3 Å². The van der Waals surface area contributed by atoms with Gasteiger partial charge in [-0.25, -0.2) is 0 Å². The zero-order valence-corrected chi connectivity index (χ0v) is 11.0. The first-order valence-corrected chi connectivity index (χ1v) is 6.57. The number of rotatable bonds is 3. The van der Waals surface area contributed by atoms with Crippen LogP contribution in [0, 0.1) is 0 Å². The van der Waals surface area contributed by atoms with Crippen molar-refractivity contribution in [3.8, 4) is 0 Å². The zero-order valence-electron chi connectivity index (χ0n) is 11.0. The van der Waals surface area contributed by atoms with Gasteiger partial charge in [0.15, 0.2) is 0 Å². The first-order valence-electron chi connectivity index (χ1n) is 6.57. The van der Waals surface area contributed by atoms with Crippen LogP contribution in [0.4, 0.5) is 13.2 Å². The van der Waals surface area contributed by atoms with Crippen LogP contribution in [0.1, 0.15) is 24.0 Å². The Kier molecular flexibility index (Phi) is 4.47. The van der Waals surface area contributed by atoms with Gasteiger partial charge in [0.1, 0.15) is 0 Å². The summed E-state index contributed by atoms with van der Waals surface area (Å²) in [6.07, 6.45) is -4.25. The number of nitrogens with zero attached hydrogens (tertiary/aromatic N) is 1. The number of piperazine rings is 1. The van der Waals surface area contributed by atoms with E-state index in [1.54, 1.807) is 12.1 Å². The molecule has 1 saturated heterocycles. The van der Waals surface area contributed by atoms with Crippen molar-refractivity contribution in [3.63, 3.8) is 0 Å². The van der Waals surface area contributed by atoms with E-state index in [2.05, 4.69) is 17.1 Å². The Labute approximate surface area is 111 Å². The molecule has 0 radical (unpaired) electrons. The highest BCUT2D eigenvalue weighted by atomic mass is 19.4. The molecule has 2 nitrogen and oxygen atoms in total. The minimum atomic E-state index is -4.25. The third kappa shape index (κ3) is 3.94. The summed E-state index contributed by atoms with van der Waals surface area (Å²) in [4.78, 5) is 2.35. The topological polar surface area (TPSA) is 15.3 Å². The summed E-state index contributed by atoms with van der Waals surface area (Å²) in [5.41, 5.74) is 0.386. The number of benzene rings is 1. The number of hydrogen-bond donors (Lipinski definition) is 1. The monoisotopic (exact) mass is 272 g/mol. The van der Waals surface area contributed by atoms with E-state index in [0.29, 0.717) is 0 Å². The van der Waals surface area contributed by atoms with Gasteiger partial charge in [-0.1, -0.05) is 19.1 Å². The van der Waals surface area contributed by atoms with Gasteiger partial charge in [-0.3, -0.25) is 0 Å². The SMILES string of the molecule is CC(CN1CCNCC1)c1ccc(C(F)(F)F)cc1. The van der Waals surface area contributed by atoms with E-state index >= 15 is 0 Å². The third-order valence-corrected chi connectivity index (χ3v) is 3.55. The van der Waals surface area contributed by atoms with E-state index in [4.69, 9.17) is 0 Å². The van der Waals surface area contributed by atoms with Crippen molar-refractivity contribution in [2.45, 2.75) is 19.0 Å². The molecule has 0 bridgehead atoms. The molecule has 1 aromatic rings. The maximum absolute atomic E-state index is 12.5. The van der Waals surface area contributed by atoms with Crippen LogP contribution >= 0.6 is 0 Å². The minimum absolute atomic E-state index is 0.250. The first-order chi connectivity index (χ1) is 8.97. The highest BCUT2D eigenvalue weighted by Crippen LogP contribution is 2.30. The Balaban J connectivity index is 1.97. The molecule has 1 aromatic carbocycles. The third-order valence-electron chi connectivity index (χ3n) is 3.55. The van der Waals surface area contributed by atoms with Crippen LogP contribution in [0.3, 0.4) is 0 Å². The van der Waals surface area contributed by atoms with E-state index in [9.17, 15) is 13.2 Å². The summed E-state index contributed by atoms with van der Waals surface area (Å²) in [6.45, 7) is 6.94. The predicted octanol–water partition coefficient (Wildman–Crippen LogP) is 2.71. The molecule has 1 atom stereocenters. The maximum atomic E-state index is 12.5. The smallest absolute Gasteiger partial charge is 0.314 e. The number of alkyl halides is 3. The molecular weight excluding hydrogens is 253 g/mol. The van der Waals surface area contributed by atoms with Crippen LogP contribution in [-0.4, -0.2) is 37.6 Å². The average Bonchev–Trinajstić information content (AvgIpc) is 2.39. The number of hydrogen-bond acceptors (Lipinski definition) is 2. The molecule has 0 saturated carbocycles. The molecule has 0 amide bonds. The van der Waals surface area contributed by atoms with Crippen LogP contribution in [0.25, 0.3) is 0 Å². The van der Waals surface area contributed by atoms with Crippen LogP contribution in [0.5, 0.6) is 0 Å². The van der Waals surface area contributed by atoms with Crippen molar-refractivity contribution in [2.24, 2.45) is 0 Å². The highest BCUT2D eigenvalue weighted by molar-refractivity contribution is 5.27. The van der Waals surface area contributed by atoms with Gasteiger partial charge in [0.05, 0.1) is 5.56 Å². The molecule has 0 aromatic heterocycles. The Hall–Kier alpha value is -1.07. The lowest BCUT2D eigenvalue weighted by atomic mass is 9.99. The standard InChI is InChI=1S/C14H19F3N2/c1-11(10-19-8-6-18-7-9-19)12-2-4-13(5-3-12)14(15,16)17/h2-5,11,18H,6-10H2,1H3. The molecule has 0 aliphatic carbocycles. The molecule has 19 heavy (non-hydrogen) atoms. The van der Waals surface area contributed by atoms with E-state index < -0.39 is 11.7 Å². The molecule has 2 rings (SSSR count). The van der Waals surface area contributed by atoms with Gasteiger partial charge in [0, 0.05) is 32.7 Å². The molecule has 1 unspecified atom stereocenters. The second-order valence-corrected chi connectivity index (χ2v) is 5.07. The highest BCUT2D eigenvalue weighted by Gasteiger charge is 2.30. The summed E-state index contributed by atoms with van der Waals surface area (Å²) in [5, 5.41) is 3.29. The lowest BCUT2D eigenvalue weighted by Gasteiger charge is -2.29. The maximum Gasteiger partial charge on any atom is 0.416 e. The quantitative estimate of drug-likeness (QED) is 0.910. The summed E-state index contributed by atoms with van der Waals surface area (Å²) in [5.74, 6) is 0.250. The molecule has 1 N–H and O–H groups in total. The predicted molar refractivity (Wildman–Crippen MR) is 69.2 cm³/mol. The van der Waals surface area contributed by atoms with Gasteiger partial charge in [0.25, 0.3) is 0 Å². The Morgan fingerprint density at radius 2 is 1.74 bits per heavy atom. The molecule has 5 heteroatoms. The van der Waals surface area contributed by atoms with Crippen molar-refractivity contribution in [2.75, 3.05) is 32.7 Å². The van der Waals surface area contributed by atoms with Crippen LogP contribution in [-0.2, 0) is 6.18 Å². The Bertz CT molecular complexity index is 394. The Morgan fingerprint density at radius 1 is 1.16 bits per heavy atom. The van der Waals surface area contributed by atoms with Gasteiger partial charge in [-0.05, 0) is 23.6 Å². The lowest BCUT2D eigenvalue weighted by Crippen LogP contribution is -2.44. The molecule has 1 aliphatic rings. The minimum Gasteiger partial charge on any atom is -0.314 e. The van der Waals surface area contributed by atoms with Gasteiger partial charge >= 0.3 is 6.18 Å². The zero-order chi connectivity index (χ0) is 13.9. The fourth-order valence-electron chi connectivity index (χ4n) is 2.39. The van der Waals surface area contributed by atoms with E-state index in [-0.39, 0.29) is 5.92 Å². The van der Waals surface area contributed by atoms with Crippen molar-refractivity contribution in [3.05, 3.63) is 35.4 Å². The van der Waals surface area contributed by atoms with Crippen LogP contribution in [0.2, 0.25) is 0 Å². The summed E-state index contributed by atoms with van der Waals surface area (Å²) in [6, 6.07) is 5.53. The van der Waals surface area contributed by atoms with E-state index in [1.165, 1.54) is 12.1 Å². The van der Waals surface area contributed by atoms with Gasteiger partial charge in [-0.15, -0.1) is 0 Å². The van der Waals surface area contributed by atoms with Crippen molar-refractivity contribution in [1.29, 1.82) is 0 Å². The average molecular weight is 272 g/mol. The van der Waals surface area contributed by atoms with Crippen molar-refractivity contribution >= 4 is 0 Å². The molecule has 1 aliphatic heterocycles. The van der Waals surface area contributed by atoms with Gasteiger partial charge in [-0.2, -0.15) is 13.2 Å². The molecule has 0 spiro atoms. The summed E-state index contributed by atoms with van der Waals surface area (Å²) < 4.78 is 37.4. The Morgan fingerprint density at radius 3 is 2.26 bits per heavy atom. The van der Waals surface area contributed by atoms with Crippen LogP contribution < -0.4 is 5.32 Å². The number of halogens is 3. The van der Waals surface area contributed by atoms with Gasteiger partial charge < -0.3 is 10.2 Å². The fraction of sp³-hybridized carbons (Fsp3) is 0.571. The van der Waals surface area contributed by atoms with Gasteiger partial charge in [0.2, 0.25) is 0 Å². The van der Waals surface area contributed by atoms with Crippen molar-refractivity contribution < 1.29 is 13.2 Å². The molecular formula is C14H19F3N2. The first kappa shape index (κ1) is 14.3. The molecule has 1 heterocycles. The largest absolute Gasteiger partial charge is 0.416 e. The molecule has 106 valence electrons. The van der Waals surface area contributed by atoms with E-state index in [1.807, 2.05) is 0 Å². The number of nitrogens with one attached hydrogen (secondary N) is 1. The fourth-order valence-corrected chi connectivity index (χ4v) is 2.39. The second kappa shape index (κ2) is 5.92. The van der Waals surface area contributed by atoms with Crippen molar-refractivity contribution in [1.82, 2.24) is 10.2 Å². The normalized spacial score (nSPS) is 19.4. The molecule has 1 fully saturated rings. The summed E-state index contributed by atoms with van der Waals surface area (Å²) in [7, 11) is 0. The second-order valence-electron chi connectivity index (χ2n) is 5.07. The summed E-state index contributed by atoms with van der Waals surface area (Å²) >= 11 is 0.